The Morgan fingerprint density at radius 3 is 2.88 bits per heavy atom. The first kappa shape index (κ1) is 15.1. The van der Waals surface area contributed by atoms with Crippen LogP contribution in [0.4, 0.5) is 11.6 Å². The van der Waals surface area contributed by atoms with Crippen molar-refractivity contribution in [2.24, 2.45) is 0 Å². The van der Waals surface area contributed by atoms with Crippen LogP contribution in [0.1, 0.15) is 19.3 Å². The zero-order chi connectivity index (χ0) is 16.4. The number of nitrogens with zero attached hydrogens (tertiary/aromatic N) is 4. The standard InChI is InChI=1S/C18H22N6/c19-16-15-4-5-20-11-13(15)10-14-12-22-18(23-17(14)16)21-6-9-24-7-2-1-3-8-24/h4-5,10-12H,1-3,6-9,19H2,(H,21,22,23). The average Bonchev–Trinajstić information content (AvgIpc) is 2.63. The Labute approximate surface area is 141 Å². The molecule has 3 aromatic rings. The van der Waals surface area contributed by atoms with Crippen molar-refractivity contribution in [1.82, 2.24) is 19.9 Å². The number of nitrogens with one attached hydrogen (secondary N) is 1. The molecule has 0 atom stereocenters. The monoisotopic (exact) mass is 322 g/mol. The number of nitrogens with two attached hydrogens (primary N) is 1. The second kappa shape index (κ2) is 6.57. The minimum Gasteiger partial charge on any atom is -0.396 e. The van der Waals surface area contributed by atoms with Crippen LogP contribution in [0.5, 0.6) is 0 Å². The molecule has 1 aromatic carbocycles. The number of hydrogen-bond donors (Lipinski definition) is 2. The Morgan fingerprint density at radius 2 is 2.00 bits per heavy atom. The number of fused-ring (bicyclic) bond motifs is 2. The van der Waals surface area contributed by atoms with Gasteiger partial charge in [0.25, 0.3) is 0 Å². The van der Waals surface area contributed by atoms with Crippen LogP contribution in [0.25, 0.3) is 21.7 Å². The van der Waals surface area contributed by atoms with Gasteiger partial charge >= 0.3 is 0 Å². The Balaban J connectivity index is 1.54. The van der Waals surface area contributed by atoms with E-state index in [0.717, 1.165) is 34.8 Å². The van der Waals surface area contributed by atoms with Crippen LogP contribution in [0.3, 0.4) is 0 Å². The van der Waals surface area contributed by atoms with E-state index in [1.54, 1.807) is 6.20 Å². The molecule has 1 fully saturated rings. The number of nitrogen functional groups attached to an aromatic ring is 1. The van der Waals surface area contributed by atoms with Crippen LogP contribution < -0.4 is 11.1 Å². The van der Waals surface area contributed by atoms with Gasteiger partial charge in [-0.3, -0.25) is 4.98 Å². The molecule has 0 saturated carbocycles. The molecular weight excluding hydrogens is 300 g/mol. The van der Waals surface area contributed by atoms with E-state index in [4.69, 9.17) is 5.73 Å². The van der Waals surface area contributed by atoms with Gasteiger partial charge in [-0.05, 0) is 38.1 Å². The van der Waals surface area contributed by atoms with Crippen LogP contribution in [-0.2, 0) is 0 Å². The van der Waals surface area contributed by atoms with Gasteiger partial charge in [-0.15, -0.1) is 0 Å². The molecule has 24 heavy (non-hydrogen) atoms. The number of rotatable bonds is 4. The molecule has 1 saturated heterocycles. The molecule has 0 aliphatic carbocycles. The Bertz CT molecular complexity index is 857. The maximum Gasteiger partial charge on any atom is 0.223 e. The van der Waals surface area contributed by atoms with Crippen LogP contribution in [-0.4, -0.2) is 46.0 Å². The van der Waals surface area contributed by atoms with Gasteiger partial charge in [-0.2, -0.15) is 0 Å². The molecule has 6 nitrogen and oxygen atoms in total. The Morgan fingerprint density at radius 1 is 1.12 bits per heavy atom. The molecule has 2 aromatic heterocycles. The van der Waals surface area contributed by atoms with Gasteiger partial charge in [0.2, 0.25) is 5.95 Å². The van der Waals surface area contributed by atoms with Crippen molar-refractivity contribution in [3.8, 4) is 0 Å². The third kappa shape index (κ3) is 2.97. The summed E-state index contributed by atoms with van der Waals surface area (Å²) in [6, 6.07) is 3.96. The van der Waals surface area contributed by atoms with Crippen molar-refractivity contribution >= 4 is 33.3 Å². The summed E-state index contributed by atoms with van der Waals surface area (Å²) in [7, 11) is 0. The Hall–Kier alpha value is -2.47. The lowest BCUT2D eigenvalue weighted by molar-refractivity contribution is 0.237. The smallest absolute Gasteiger partial charge is 0.223 e. The fraction of sp³-hybridized carbons (Fsp3) is 0.389. The van der Waals surface area contributed by atoms with E-state index < -0.39 is 0 Å². The third-order valence-corrected chi connectivity index (χ3v) is 4.69. The largest absolute Gasteiger partial charge is 0.396 e. The fourth-order valence-electron chi connectivity index (χ4n) is 3.37. The molecule has 1 aliphatic heterocycles. The van der Waals surface area contributed by atoms with Gasteiger partial charge in [-0.25, -0.2) is 9.97 Å². The van der Waals surface area contributed by atoms with Crippen molar-refractivity contribution in [3.05, 3.63) is 30.7 Å². The summed E-state index contributed by atoms with van der Waals surface area (Å²) in [4.78, 5) is 15.7. The van der Waals surface area contributed by atoms with Gasteiger partial charge in [-0.1, -0.05) is 6.42 Å². The number of aromatic nitrogens is 3. The molecule has 0 amide bonds. The predicted molar refractivity (Wildman–Crippen MR) is 98.0 cm³/mol. The highest BCUT2D eigenvalue weighted by molar-refractivity contribution is 6.08. The lowest BCUT2D eigenvalue weighted by Crippen LogP contribution is -2.33. The summed E-state index contributed by atoms with van der Waals surface area (Å²) >= 11 is 0. The zero-order valence-electron chi connectivity index (χ0n) is 13.7. The van der Waals surface area contributed by atoms with E-state index in [-0.39, 0.29) is 0 Å². The van der Waals surface area contributed by atoms with Gasteiger partial charge in [0.05, 0.1) is 11.2 Å². The molecule has 0 unspecified atom stereocenters. The van der Waals surface area contributed by atoms with Crippen molar-refractivity contribution in [2.45, 2.75) is 19.3 Å². The maximum atomic E-state index is 6.32. The summed E-state index contributed by atoms with van der Waals surface area (Å²) in [6.45, 7) is 4.28. The van der Waals surface area contributed by atoms with Crippen LogP contribution in [0, 0.1) is 0 Å². The van der Waals surface area contributed by atoms with E-state index in [0.29, 0.717) is 11.6 Å². The van der Waals surface area contributed by atoms with Gasteiger partial charge in [0.1, 0.15) is 0 Å². The zero-order valence-corrected chi connectivity index (χ0v) is 13.7. The highest BCUT2D eigenvalue weighted by Gasteiger charge is 2.10. The first-order valence-corrected chi connectivity index (χ1v) is 8.56. The normalized spacial score (nSPS) is 15.8. The van der Waals surface area contributed by atoms with Gasteiger partial charge < -0.3 is 16.0 Å². The molecule has 3 heterocycles. The third-order valence-electron chi connectivity index (χ3n) is 4.69. The predicted octanol–water partition coefficient (Wildman–Crippen LogP) is 2.66. The fourth-order valence-corrected chi connectivity index (χ4v) is 3.37. The van der Waals surface area contributed by atoms with Crippen molar-refractivity contribution in [3.63, 3.8) is 0 Å². The van der Waals surface area contributed by atoms with E-state index in [1.165, 1.54) is 32.4 Å². The van der Waals surface area contributed by atoms with E-state index in [9.17, 15) is 0 Å². The average molecular weight is 322 g/mol. The summed E-state index contributed by atoms with van der Waals surface area (Å²) < 4.78 is 0. The quantitative estimate of drug-likeness (QED) is 0.568. The minimum absolute atomic E-state index is 0.639. The number of likely N-dealkylation sites (tertiary alicyclic amines) is 1. The summed E-state index contributed by atoms with van der Waals surface area (Å²) in [5.41, 5.74) is 7.80. The molecule has 124 valence electrons. The second-order valence-electron chi connectivity index (χ2n) is 6.35. The van der Waals surface area contributed by atoms with Crippen LogP contribution in [0.2, 0.25) is 0 Å². The van der Waals surface area contributed by atoms with Gasteiger partial charge in [0.15, 0.2) is 0 Å². The highest BCUT2D eigenvalue weighted by Crippen LogP contribution is 2.28. The second-order valence-corrected chi connectivity index (χ2v) is 6.35. The summed E-state index contributed by atoms with van der Waals surface area (Å²) in [5.74, 6) is 0.639. The number of pyridine rings is 1. The molecular formula is C18H22N6. The van der Waals surface area contributed by atoms with Crippen molar-refractivity contribution in [1.29, 1.82) is 0 Å². The maximum absolute atomic E-state index is 6.32. The van der Waals surface area contributed by atoms with E-state index in [1.807, 2.05) is 24.5 Å². The molecule has 0 bridgehead atoms. The molecule has 0 spiro atoms. The lowest BCUT2D eigenvalue weighted by atomic mass is 10.1. The SMILES string of the molecule is Nc1c2ccncc2cc2cnc(NCCN3CCCCC3)nc12. The van der Waals surface area contributed by atoms with E-state index >= 15 is 0 Å². The summed E-state index contributed by atoms with van der Waals surface area (Å²) in [5, 5.41) is 6.26. The molecule has 6 heteroatoms. The number of benzene rings is 1. The number of hydrogen-bond acceptors (Lipinski definition) is 6. The van der Waals surface area contributed by atoms with Gasteiger partial charge in [0, 0.05) is 47.8 Å². The number of piperidine rings is 1. The first-order chi connectivity index (χ1) is 11.8. The lowest BCUT2D eigenvalue weighted by Gasteiger charge is -2.26. The van der Waals surface area contributed by atoms with Crippen LogP contribution in [0.15, 0.2) is 30.7 Å². The topological polar surface area (TPSA) is 80.0 Å². The molecule has 1 aliphatic rings. The van der Waals surface area contributed by atoms with E-state index in [2.05, 4.69) is 25.2 Å². The minimum atomic E-state index is 0.639. The Kier molecular flexibility index (Phi) is 4.13. The number of anilines is 2. The molecule has 0 radical (unpaired) electrons. The highest BCUT2D eigenvalue weighted by atomic mass is 15.2. The molecule has 4 rings (SSSR count). The first-order valence-electron chi connectivity index (χ1n) is 8.56. The molecule has 3 N–H and O–H groups in total. The van der Waals surface area contributed by atoms with Crippen molar-refractivity contribution < 1.29 is 0 Å². The van der Waals surface area contributed by atoms with Crippen molar-refractivity contribution in [2.75, 3.05) is 37.2 Å². The van der Waals surface area contributed by atoms with Crippen LogP contribution >= 0.6 is 0 Å². The summed E-state index contributed by atoms with van der Waals surface area (Å²) in [6.07, 6.45) is 9.38.